The second-order valence-corrected chi connectivity index (χ2v) is 18.0. The first-order valence-corrected chi connectivity index (χ1v) is 21.1. The van der Waals surface area contributed by atoms with Crippen molar-refractivity contribution in [2.75, 3.05) is 0 Å². The molecule has 4 nitrogen and oxygen atoms in total. The van der Waals surface area contributed by atoms with Crippen LogP contribution in [0.1, 0.15) is 22.9 Å². The van der Waals surface area contributed by atoms with E-state index in [1.165, 1.54) is 31.5 Å². The third kappa shape index (κ3) is 5.77. The van der Waals surface area contributed by atoms with Crippen LogP contribution in [-0.2, 0) is 0 Å². The van der Waals surface area contributed by atoms with E-state index in [1.807, 2.05) is 36.4 Å². The minimum Gasteiger partial charge on any atom is -0.324 e. The Hall–Kier alpha value is -7.08. The highest BCUT2D eigenvalue weighted by Gasteiger charge is 2.41. The van der Waals surface area contributed by atoms with Gasteiger partial charge in [0.2, 0.25) is 0 Å². The number of hydrogen-bond acceptors (Lipinski definition) is 3. The first-order chi connectivity index (χ1) is 27.8. The summed E-state index contributed by atoms with van der Waals surface area (Å²) in [6.07, 6.45) is -0.360. The Bertz CT molecular complexity index is 2770. The molecule has 0 saturated carbocycles. The number of amidine groups is 2. The molecule has 0 radical (unpaired) electrons. The molecule has 1 aliphatic heterocycles. The van der Waals surface area contributed by atoms with Crippen LogP contribution in [0.4, 0.5) is 0 Å². The van der Waals surface area contributed by atoms with E-state index in [-0.39, 0.29) is 6.17 Å². The lowest BCUT2D eigenvalue weighted by Crippen LogP contribution is -2.74. The summed E-state index contributed by atoms with van der Waals surface area (Å²) in [6.45, 7) is 0. The summed E-state index contributed by atoms with van der Waals surface area (Å²) in [4.78, 5) is 10.2. The predicted molar refractivity (Wildman–Crippen MR) is 236 cm³/mol. The zero-order valence-corrected chi connectivity index (χ0v) is 31.7. The molecule has 0 bridgehead atoms. The molecule has 1 unspecified atom stereocenters. The Kier molecular flexibility index (Phi) is 8.54. The second-order valence-electron chi connectivity index (χ2n) is 14.2. The average molecular weight is 735 g/mol. The normalized spacial score (nSPS) is 14.2. The molecular formula is C51H38N4Si. The molecule has 1 atom stereocenters. The second kappa shape index (κ2) is 14.3. The van der Waals surface area contributed by atoms with E-state index in [9.17, 15) is 0 Å². The van der Waals surface area contributed by atoms with E-state index in [0.717, 1.165) is 45.1 Å². The number of fused-ring (bicyclic) bond motifs is 3. The van der Waals surface area contributed by atoms with Crippen LogP contribution in [0.25, 0.3) is 27.5 Å². The lowest BCUT2D eigenvalue weighted by atomic mass is 10.1. The van der Waals surface area contributed by atoms with Gasteiger partial charge in [0, 0.05) is 27.6 Å². The topological polar surface area (TPSA) is 41.7 Å². The number of hydrogen-bond donors (Lipinski definition) is 1. The van der Waals surface area contributed by atoms with Crippen molar-refractivity contribution in [1.29, 1.82) is 0 Å². The molecule has 1 N–H and O–H groups in total. The smallest absolute Gasteiger partial charge is 0.179 e. The van der Waals surface area contributed by atoms with Gasteiger partial charge >= 0.3 is 0 Å². The summed E-state index contributed by atoms with van der Waals surface area (Å²) in [6, 6.07) is 78.7. The van der Waals surface area contributed by atoms with Gasteiger partial charge in [-0.05, 0) is 50.6 Å². The highest BCUT2D eigenvalue weighted by molar-refractivity contribution is 7.20. The van der Waals surface area contributed by atoms with E-state index in [0.29, 0.717) is 0 Å². The molecule has 0 fully saturated rings. The van der Waals surface area contributed by atoms with Gasteiger partial charge in [0.1, 0.15) is 11.7 Å². The molecule has 266 valence electrons. The minimum absolute atomic E-state index is 0.360. The average Bonchev–Trinajstić information content (AvgIpc) is 3.62. The number of aromatic nitrogens is 1. The Morgan fingerprint density at radius 1 is 0.393 bits per heavy atom. The molecule has 10 rings (SSSR count). The van der Waals surface area contributed by atoms with Crippen molar-refractivity contribution < 1.29 is 0 Å². The molecule has 0 saturated heterocycles. The van der Waals surface area contributed by atoms with Crippen LogP contribution in [0.3, 0.4) is 0 Å². The van der Waals surface area contributed by atoms with Crippen LogP contribution in [0.5, 0.6) is 0 Å². The van der Waals surface area contributed by atoms with E-state index in [2.05, 4.69) is 192 Å². The van der Waals surface area contributed by atoms with Gasteiger partial charge in [-0.2, -0.15) is 0 Å². The highest BCUT2D eigenvalue weighted by Crippen LogP contribution is 2.33. The Morgan fingerprint density at radius 3 is 1.52 bits per heavy atom. The van der Waals surface area contributed by atoms with Gasteiger partial charge in [0.25, 0.3) is 0 Å². The number of nitrogens with zero attached hydrogens (tertiary/aromatic N) is 3. The van der Waals surface area contributed by atoms with Gasteiger partial charge < -0.3 is 9.88 Å². The van der Waals surface area contributed by atoms with Crippen LogP contribution >= 0.6 is 0 Å². The van der Waals surface area contributed by atoms with Gasteiger partial charge in [0.15, 0.2) is 14.2 Å². The number of aliphatic imine (C=N–C) groups is 2. The number of nitrogens with one attached hydrogen (secondary N) is 1. The van der Waals surface area contributed by atoms with Gasteiger partial charge in [0.05, 0.1) is 11.0 Å². The van der Waals surface area contributed by atoms with Gasteiger partial charge in [-0.1, -0.05) is 194 Å². The highest BCUT2D eigenvalue weighted by atomic mass is 28.3. The van der Waals surface area contributed by atoms with E-state index in [4.69, 9.17) is 9.98 Å². The standard InChI is InChI=1S/C51H38N4Si/c1-6-19-37(20-7-1)49-52-50(38-21-8-2-9-22-38)54-51(53-49)39-23-18-24-40(35-39)55-47-32-17-16-31-45(47)46-36-44(33-34-48(46)55)56(41-25-10-3-11-26-41,42-27-12-4-13-28-42)43-29-14-5-15-30-43/h1-36,49H,(H,52,53,54). The zero-order chi connectivity index (χ0) is 37.3. The van der Waals surface area contributed by atoms with Gasteiger partial charge in [-0.25, -0.2) is 9.98 Å². The van der Waals surface area contributed by atoms with Crippen LogP contribution < -0.4 is 26.1 Å². The van der Waals surface area contributed by atoms with Gasteiger partial charge in [-0.3, -0.25) is 0 Å². The largest absolute Gasteiger partial charge is 0.324 e. The molecule has 0 amide bonds. The summed E-state index contributed by atoms with van der Waals surface area (Å²) < 4.78 is 2.40. The fraction of sp³-hybridized carbons (Fsp3) is 0.0196. The summed E-state index contributed by atoms with van der Waals surface area (Å²) in [5.41, 5.74) is 6.47. The van der Waals surface area contributed by atoms with Crippen LogP contribution in [-0.4, -0.2) is 24.3 Å². The third-order valence-corrected chi connectivity index (χ3v) is 15.8. The Balaban J connectivity index is 1.15. The van der Waals surface area contributed by atoms with E-state index >= 15 is 0 Å². The van der Waals surface area contributed by atoms with Crippen LogP contribution in [0.2, 0.25) is 0 Å². The number of para-hydroxylation sites is 1. The SMILES string of the molecule is c1ccc(C2=NC(c3ccccc3)N=C(c3cccc(-n4c5ccccc5c5cc([Si](c6ccccc6)(c6ccccc6)c6ccccc6)ccc54)c3)N2)cc1. The predicted octanol–water partition coefficient (Wildman–Crippen LogP) is 8.66. The summed E-state index contributed by atoms with van der Waals surface area (Å²) in [5, 5.41) is 11.5. The fourth-order valence-electron chi connectivity index (χ4n) is 8.45. The maximum atomic E-state index is 5.18. The molecule has 5 heteroatoms. The van der Waals surface area contributed by atoms with Crippen LogP contribution in [0, 0.1) is 0 Å². The Labute approximate surface area is 327 Å². The van der Waals surface area contributed by atoms with E-state index < -0.39 is 8.07 Å². The summed E-state index contributed by atoms with van der Waals surface area (Å²) in [7, 11) is -2.72. The van der Waals surface area contributed by atoms with Crippen molar-refractivity contribution in [3.8, 4) is 5.69 Å². The summed E-state index contributed by atoms with van der Waals surface area (Å²) >= 11 is 0. The Morgan fingerprint density at radius 2 is 0.893 bits per heavy atom. The third-order valence-electron chi connectivity index (χ3n) is 11.0. The molecule has 9 aromatic rings. The monoisotopic (exact) mass is 734 g/mol. The molecule has 0 aliphatic carbocycles. The van der Waals surface area contributed by atoms with Crippen molar-refractivity contribution in [3.05, 3.63) is 235 Å². The maximum absolute atomic E-state index is 5.18. The maximum Gasteiger partial charge on any atom is 0.179 e. The molecule has 56 heavy (non-hydrogen) atoms. The summed E-state index contributed by atoms with van der Waals surface area (Å²) in [5.74, 6) is 1.60. The van der Waals surface area contributed by atoms with Crippen molar-refractivity contribution in [2.24, 2.45) is 9.98 Å². The van der Waals surface area contributed by atoms with Crippen molar-refractivity contribution in [1.82, 2.24) is 9.88 Å². The number of benzene rings is 8. The molecule has 2 heterocycles. The van der Waals surface area contributed by atoms with Crippen LogP contribution in [0.15, 0.2) is 228 Å². The number of rotatable bonds is 8. The van der Waals surface area contributed by atoms with Gasteiger partial charge in [-0.15, -0.1) is 0 Å². The quantitative estimate of drug-likeness (QED) is 0.123. The van der Waals surface area contributed by atoms with E-state index in [1.54, 1.807) is 0 Å². The molecule has 1 aromatic heterocycles. The fourth-order valence-corrected chi connectivity index (χ4v) is 13.2. The molecule has 1 aliphatic rings. The van der Waals surface area contributed by atoms with Crippen molar-refractivity contribution >= 4 is 62.3 Å². The molecule has 0 spiro atoms. The molecular weight excluding hydrogens is 697 g/mol. The zero-order valence-electron chi connectivity index (χ0n) is 30.7. The first kappa shape index (κ1) is 33.5. The lowest BCUT2D eigenvalue weighted by Gasteiger charge is -2.34. The lowest BCUT2D eigenvalue weighted by molar-refractivity contribution is 0.756. The first-order valence-electron chi connectivity index (χ1n) is 19.1. The minimum atomic E-state index is -2.72. The van der Waals surface area contributed by atoms with Crippen molar-refractivity contribution in [2.45, 2.75) is 6.17 Å². The molecule has 8 aromatic carbocycles. The van der Waals surface area contributed by atoms with Crippen molar-refractivity contribution in [3.63, 3.8) is 0 Å².